The Bertz CT molecular complexity index is 648. The summed E-state index contributed by atoms with van der Waals surface area (Å²) >= 11 is 0. The lowest BCUT2D eigenvalue weighted by Crippen LogP contribution is -2.03. The molecular weight excluding hydrogens is 245 g/mol. The Morgan fingerprint density at radius 3 is 2.74 bits per heavy atom. The summed E-state index contributed by atoms with van der Waals surface area (Å²) in [5.41, 5.74) is 1.51. The number of aryl methyl sites for hydroxylation is 1. The minimum atomic E-state index is -0.447. The summed E-state index contributed by atoms with van der Waals surface area (Å²) in [5.74, 6) is 0.569. The van der Waals surface area contributed by atoms with E-state index in [1.54, 1.807) is 13.1 Å². The molecule has 6 heteroatoms. The lowest BCUT2D eigenvalue weighted by molar-refractivity contribution is 0.627. The first-order valence-corrected chi connectivity index (χ1v) is 5.62. The molecule has 0 amide bonds. The number of nitriles is 1. The van der Waals surface area contributed by atoms with Crippen LogP contribution in [0.4, 0.5) is 21.8 Å². The number of hydrogen-bond acceptors (Lipinski definition) is 5. The number of halogens is 1. The Kier molecular flexibility index (Phi) is 3.57. The third kappa shape index (κ3) is 2.96. The third-order valence-corrected chi connectivity index (χ3v) is 2.44. The van der Waals surface area contributed by atoms with Gasteiger partial charge in [0.25, 0.3) is 0 Å². The van der Waals surface area contributed by atoms with Crippen molar-refractivity contribution in [2.24, 2.45) is 0 Å². The molecule has 1 heterocycles. The predicted molar refractivity (Wildman–Crippen MR) is 70.7 cm³/mol. The number of aromatic nitrogens is 2. The van der Waals surface area contributed by atoms with Crippen LogP contribution in [0.3, 0.4) is 0 Å². The van der Waals surface area contributed by atoms with Gasteiger partial charge < -0.3 is 10.6 Å². The van der Waals surface area contributed by atoms with Gasteiger partial charge in [-0.1, -0.05) is 0 Å². The Labute approximate surface area is 110 Å². The van der Waals surface area contributed by atoms with Crippen molar-refractivity contribution in [2.45, 2.75) is 6.92 Å². The lowest BCUT2D eigenvalue weighted by atomic mass is 10.2. The first kappa shape index (κ1) is 12.8. The molecule has 19 heavy (non-hydrogen) atoms. The number of benzene rings is 1. The van der Waals surface area contributed by atoms with Crippen molar-refractivity contribution in [3.8, 4) is 6.07 Å². The van der Waals surface area contributed by atoms with Gasteiger partial charge in [0.1, 0.15) is 17.7 Å². The van der Waals surface area contributed by atoms with Crippen molar-refractivity contribution >= 4 is 17.5 Å². The lowest BCUT2D eigenvalue weighted by Gasteiger charge is -2.09. The first-order chi connectivity index (χ1) is 9.12. The number of nitrogens with one attached hydrogen (secondary N) is 2. The molecule has 2 N–H and O–H groups in total. The van der Waals surface area contributed by atoms with E-state index in [-0.39, 0.29) is 5.56 Å². The van der Waals surface area contributed by atoms with Gasteiger partial charge in [0, 0.05) is 18.8 Å². The Hall–Kier alpha value is -2.68. The normalized spacial score (nSPS) is 9.79. The highest BCUT2D eigenvalue weighted by Crippen LogP contribution is 2.21. The maximum Gasteiger partial charge on any atom is 0.224 e. The fraction of sp³-hybridized carbons (Fsp3) is 0.154. The van der Waals surface area contributed by atoms with Crippen LogP contribution >= 0.6 is 0 Å². The molecule has 0 unspecified atom stereocenters. The van der Waals surface area contributed by atoms with Gasteiger partial charge in [-0.3, -0.25) is 0 Å². The van der Waals surface area contributed by atoms with Crippen LogP contribution in [0, 0.1) is 24.1 Å². The first-order valence-electron chi connectivity index (χ1n) is 5.62. The minimum absolute atomic E-state index is 0.224. The van der Waals surface area contributed by atoms with Gasteiger partial charge in [-0.2, -0.15) is 10.2 Å². The average Bonchev–Trinajstić information content (AvgIpc) is 2.40. The van der Waals surface area contributed by atoms with E-state index in [1.165, 1.54) is 18.2 Å². The zero-order chi connectivity index (χ0) is 13.8. The van der Waals surface area contributed by atoms with Gasteiger partial charge in [-0.25, -0.2) is 9.37 Å². The maximum atomic E-state index is 13.0. The number of hydrogen-bond donors (Lipinski definition) is 2. The number of anilines is 3. The quantitative estimate of drug-likeness (QED) is 0.884. The molecular formula is C13H12FN5. The highest BCUT2D eigenvalue weighted by Gasteiger charge is 2.06. The SMILES string of the molecule is CNc1nc(C)cc(Nc2ccc(F)cc2C#N)n1. The standard InChI is InChI=1S/C13H12FN5/c1-8-5-12(19-13(16-2)17-8)18-11-4-3-10(14)6-9(11)7-15/h3-6H,1-2H3,(H2,16,17,18,19). The van der Waals surface area contributed by atoms with Gasteiger partial charge in [0.15, 0.2) is 0 Å². The topological polar surface area (TPSA) is 73.6 Å². The average molecular weight is 257 g/mol. The zero-order valence-electron chi connectivity index (χ0n) is 10.5. The molecule has 0 radical (unpaired) electrons. The van der Waals surface area contributed by atoms with Gasteiger partial charge in [0.05, 0.1) is 11.3 Å². The van der Waals surface area contributed by atoms with Gasteiger partial charge in [-0.05, 0) is 25.1 Å². The summed E-state index contributed by atoms with van der Waals surface area (Å²) in [7, 11) is 1.72. The van der Waals surface area contributed by atoms with E-state index in [0.717, 1.165) is 5.69 Å². The van der Waals surface area contributed by atoms with Crippen LogP contribution in [0.1, 0.15) is 11.3 Å². The summed E-state index contributed by atoms with van der Waals surface area (Å²) in [4.78, 5) is 8.37. The van der Waals surface area contributed by atoms with Crippen molar-refractivity contribution in [1.29, 1.82) is 5.26 Å². The fourth-order valence-electron chi connectivity index (χ4n) is 1.60. The molecule has 0 aliphatic carbocycles. The van der Waals surface area contributed by atoms with Crippen molar-refractivity contribution in [2.75, 3.05) is 17.7 Å². The highest BCUT2D eigenvalue weighted by atomic mass is 19.1. The zero-order valence-corrected chi connectivity index (χ0v) is 10.5. The van der Waals surface area contributed by atoms with E-state index in [0.29, 0.717) is 17.5 Å². The van der Waals surface area contributed by atoms with Gasteiger partial charge in [0.2, 0.25) is 5.95 Å². The van der Waals surface area contributed by atoms with Crippen LogP contribution in [0.25, 0.3) is 0 Å². The van der Waals surface area contributed by atoms with Crippen LogP contribution in [-0.2, 0) is 0 Å². The molecule has 0 aliphatic heterocycles. The summed E-state index contributed by atoms with van der Waals surface area (Å²) in [6.07, 6.45) is 0. The molecule has 0 atom stereocenters. The fourth-order valence-corrected chi connectivity index (χ4v) is 1.60. The molecule has 0 bridgehead atoms. The van der Waals surface area contributed by atoms with E-state index in [1.807, 2.05) is 13.0 Å². The molecule has 0 spiro atoms. The predicted octanol–water partition coefficient (Wildman–Crippen LogP) is 2.58. The maximum absolute atomic E-state index is 13.0. The second-order valence-electron chi connectivity index (χ2n) is 3.89. The van der Waals surface area contributed by atoms with E-state index in [4.69, 9.17) is 5.26 Å². The molecule has 0 fully saturated rings. The molecule has 0 aliphatic rings. The Balaban J connectivity index is 2.36. The van der Waals surface area contributed by atoms with Gasteiger partial charge in [-0.15, -0.1) is 0 Å². The van der Waals surface area contributed by atoms with E-state index >= 15 is 0 Å². The van der Waals surface area contributed by atoms with Crippen LogP contribution < -0.4 is 10.6 Å². The van der Waals surface area contributed by atoms with Crippen LogP contribution in [0.5, 0.6) is 0 Å². The smallest absolute Gasteiger partial charge is 0.224 e. The van der Waals surface area contributed by atoms with E-state index in [2.05, 4.69) is 20.6 Å². The highest BCUT2D eigenvalue weighted by molar-refractivity contribution is 5.65. The molecule has 1 aromatic carbocycles. The molecule has 0 saturated heterocycles. The summed E-state index contributed by atoms with van der Waals surface area (Å²) in [6.45, 7) is 1.84. The third-order valence-electron chi connectivity index (χ3n) is 2.44. The molecule has 5 nitrogen and oxygen atoms in total. The van der Waals surface area contributed by atoms with Crippen molar-refractivity contribution in [3.05, 3.63) is 41.3 Å². The summed E-state index contributed by atoms with van der Waals surface area (Å²) in [5, 5.41) is 14.8. The minimum Gasteiger partial charge on any atom is -0.357 e. The second-order valence-corrected chi connectivity index (χ2v) is 3.89. The largest absolute Gasteiger partial charge is 0.357 e. The number of rotatable bonds is 3. The summed E-state index contributed by atoms with van der Waals surface area (Å²) in [6, 6.07) is 7.65. The molecule has 0 saturated carbocycles. The molecule has 2 rings (SSSR count). The summed E-state index contributed by atoms with van der Waals surface area (Å²) < 4.78 is 13.0. The molecule has 1 aromatic heterocycles. The van der Waals surface area contributed by atoms with Crippen molar-refractivity contribution in [3.63, 3.8) is 0 Å². The van der Waals surface area contributed by atoms with Crippen LogP contribution in [-0.4, -0.2) is 17.0 Å². The second kappa shape index (κ2) is 5.31. The van der Waals surface area contributed by atoms with Gasteiger partial charge >= 0.3 is 0 Å². The Morgan fingerprint density at radius 2 is 2.05 bits per heavy atom. The monoisotopic (exact) mass is 257 g/mol. The van der Waals surface area contributed by atoms with Crippen LogP contribution in [0.15, 0.2) is 24.3 Å². The molecule has 96 valence electrons. The van der Waals surface area contributed by atoms with E-state index < -0.39 is 5.82 Å². The number of nitrogens with zero attached hydrogens (tertiary/aromatic N) is 3. The van der Waals surface area contributed by atoms with Crippen LogP contribution in [0.2, 0.25) is 0 Å². The van der Waals surface area contributed by atoms with E-state index in [9.17, 15) is 4.39 Å². The van der Waals surface area contributed by atoms with Crippen molar-refractivity contribution < 1.29 is 4.39 Å². The van der Waals surface area contributed by atoms with Crippen molar-refractivity contribution in [1.82, 2.24) is 9.97 Å². The Morgan fingerprint density at radius 1 is 1.26 bits per heavy atom. The molecule has 2 aromatic rings.